The monoisotopic (exact) mass is 182 g/mol. The first-order valence-electron chi connectivity index (χ1n) is 4.41. The van der Waals surface area contributed by atoms with Crippen LogP contribution in [0, 0.1) is 0 Å². The predicted octanol–water partition coefficient (Wildman–Crippen LogP) is 1.32. The molecule has 0 aliphatic carbocycles. The van der Waals surface area contributed by atoms with Gasteiger partial charge in [0.1, 0.15) is 5.57 Å². The summed E-state index contributed by atoms with van der Waals surface area (Å²) in [4.78, 5) is 15.6. The van der Waals surface area contributed by atoms with E-state index in [1.165, 1.54) is 0 Å². The highest BCUT2D eigenvalue weighted by molar-refractivity contribution is 6.21. The smallest absolute Gasteiger partial charge is 0.369 e. The summed E-state index contributed by atoms with van der Waals surface area (Å²) in [6.07, 6.45) is 2.77. The molecule has 1 heterocycles. The van der Waals surface area contributed by atoms with Crippen molar-refractivity contribution in [3.05, 3.63) is 11.3 Å². The van der Waals surface area contributed by atoms with Crippen molar-refractivity contribution < 1.29 is 9.63 Å². The van der Waals surface area contributed by atoms with Crippen molar-refractivity contribution in [3.8, 4) is 0 Å². The van der Waals surface area contributed by atoms with Crippen molar-refractivity contribution in [1.29, 1.82) is 0 Å². The Balaban J connectivity index is 2.77. The van der Waals surface area contributed by atoms with E-state index in [0.717, 1.165) is 19.3 Å². The van der Waals surface area contributed by atoms with Crippen molar-refractivity contribution >= 4 is 11.7 Å². The molecule has 0 bridgehead atoms. The molecule has 1 aliphatic rings. The Morgan fingerprint density at radius 2 is 2.31 bits per heavy atom. The summed E-state index contributed by atoms with van der Waals surface area (Å²) in [5.41, 5.74) is 7.37. The molecule has 1 aliphatic heterocycles. The molecule has 0 amide bonds. The molecule has 72 valence electrons. The van der Waals surface area contributed by atoms with Crippen molar-refractivity contribution in [2.45, 2.75) is 33.1 Å². The van der Waals surface area contributed by atoms with Crippen molar-refractivity contribution in [2.75, 3.05) is 0 Å². The summed E-state index contributed by atoms with van der Waals surface area (Å²) in [6.45, 7) is 3.80. The molecule has 2 N–H and O–H groups in total. The molecule has 0 aromatic heterocycles. The normalized spacial score (nSPS) is 19.8. The number of carbonyl (C=O) groups excluding carboxylic acids is 1. The van der Waals surface area contributed by atoms with Gasteiger partial charge in [0.25, 0.3) is 0 Å². The fourth-order valence-electron chi connectivity index (χ4n) is 1.20. The maximum atomic E-state index is 11.1. The molecule has 4 heteroatoms. The maximum Gasteiger partial charge on any atom is 0.369 e. The summed E-state index contributed by atoms with van der Waals surface area (Å²) in [5, 5.41) is 3.56. The maximum absolute atomic E-state index is 11.1. The lowest BCUT2D eigenvalue weighted by Crippen LogP contribution is -2.12. The van der Waals surface area contributed by atoms with E-state index < -0.39 is 5.97 Å². The Bertz CT molecular complexity index is 279. The Kier molecular flexibility index (Phi) is 3.06. The van der Waals surface area contributed by atoms with Crippen molar-refractivity contribution in [3.63, 3.8) is 0 Å². The van der Waals surface area contributed by atoms with Gasteiger partial charge in [-0.15, -0.1) is 0 Å². The quantitative estimate of drug-likeness (QED) is 0.529. The minimum atomic E-state index is -0.425. The van der Waals surface area contributed by atoms with Crippen LogP contribution in [0.15, 0.2) is 16.4 Å². The van der Waals surface area contributed by atoms with Gasteiger partial charge in [0.05, 0.1) is 5.71 Å². The van der Waals surface area contributed by atoms with Gasteiger partial charge in [0.2, 0.25) is 0 Å². The third-order valence-electron chi connectivity index (χ3n) is 1.95. The Morgan fingerprint density at radius 3 is 2.77 bits per heavy atom. The molecule has 0 fully saturated rings. The molecular formula is C9H14N2O2. The SMILES string of the molecule is CCCCC(N)=C1C(=O)ON=C1C. The summed E-state index contributed by atoms with van der Waals surface area (Å²) in [6, 6.07) is 0. The second kappa shape index (κ2) is 4.07. The number of nitrogens with zero attached hydrogens (tertiary/aromatic N) is 1. The van der Waals surface area contributed by atoms with E-state index in [1.807, 2.05) is 0 Å². The molecule has 4 nitrogen and oxygen atoms in total. The van der Waals surface area contributed by atoms with Crippen LogP contribution in [0.2, 0.25) is 0 Å². The molecular weight excluding hydrogens is 168 g/mol. The van der Waals surface area contributed by atoms with Gasteiger partial charge in [-0.25, -0.2) is 4.79 Å². The fourth-order valence-corrected chi connectivity index (χ4v) is 1.20. The van der Waals surface area contributed by atoms with Crippen LogP contribution in [0.25, 0.3) is 0 Å². The second-order valence-electron chi connectivity index (χ2n) is 3.06. The zero-order valence-corrected chi connectivity index (χ0v) is 7.96. The number of unbranched alkanes of at least 4 members (excludes halogenated alkanes) is 1. The van der Waals surface area contributed by atoms with Gasteiger partial charge >= 0.3 is 5.97 Å². The van der Waals surface area contributed by atoms with Crippen LogP contribution in [0.1, 0.15) is 33.1 Å². The largest absolute Gasteiger partial charge is 0.401 e. The lowest BCUT2D eigenvalue weighted by Gasteiger charge is -2.01. The molecule has 0 aromatic rings. The van der Waals surface area contributed by atoms with Crippen LogP contribution in [0.3, 0.4) is 0 Å². The van der Waals surface area contributed by atoms with Gasteiger partial charge in [-0.05, 0) is 19.8 Å². The highest BCUT2D eigenvalue weighted by atomic mass is 16.7. The highest BCUT2D eigenvalue weighted by Crippen LogP contribution is 2.16. The lowest BCUT2D eigenvalue weighted by atomic mass is 10.1. The first-order valence-corrected chi connectivity index (χ1v) is 4.41. The third-order valence-corrected chi connectivity index (χ3v) is 1.95. The third kappa shape index (κ3) is 2.08. The summed E-state index contributed by atoms with van der Waals surface area (Å²) in [7, 11) is 0. The predicted molar refractivity (Wildman–Crippen MR) is 49.9 cm³/mol. The standard InChI is InChI=1S/C9H14N2O2/c1-3-4-5-7(10)8-6(2)11-13-9(8)12/h3-5,10H2,1-2H3. The first-order chi connectivity index (χ1) is 6.16. The number of allylic oxidation sites excluding steroid dienone is 1. The molecule has 0 unspecified atom stereocenters. The van der Waals surface area contributed by atoms with Crippen LogP contribution in [0.5, 0.6) is 0 Å². The molecule has 1 rings (SSSR count). The van der Waals surface area contributed by atoms with Gasteiger partial charge in [0, 0.05) is 5.70 Å². The number of nitrogens with two attached hydrogens (primary N) is 1. The lowest BCUT2D eigenvalue weighted by molar-refractivity contribution is -0.136. The average molecular weight is 182 g/mol. The summed E-state index contributed by atoms with van der Waals surface area (Å²) >= 11 is 0. The van der Waals surface area contributed by atoms with Gasteiger partial charge in [-0.1, -0.05) is 18.5 Å². The Hall–Kier alpha value is -1.32. The van der Waals surface area contributed by atoms with Crippen molar-refractivity contribution in [2.24, 2.45) is 10.9 Å². The van der Waals surface area contributed by atoms with Gasteiger partial charge < -0.3 is 10.6 Å². The number of rotatable bonds is 3. The van der Waals surface area contributed by atoms with Crippen LogP contribution in [0.4, 0.5) is 0 Å². The van der Waals surface area contributed by atoms with E-state index in [0.29, 0.717) is 17.0 Å². The molecule has 0 saturated carbocycles. The summed E-state index contributed by atoms with van der Waals surface area (Å²) < 4.78 is 0. The van der Waals surface area contributed by atoms with E-state index in [9.17, 15) is 4.79 Å². The molecule has 0 aromatic carbocycles. The molecule has 0 saturated heterocycles. The molecule has 0 spiro atoms. The minimum Gasteiger partial charge on any atom is -0.401 e. The van der Waals surface area contributed by atoms with Crippen LogP contribution in [-0.4, -0.2) is 11.7 Å². The van der Waals surface area contributed by atoms with Crippen molar-refractivity contribution in [1.82, 2.24) is 0 Å². The highest BCUT2D eigenvalue weighted by Gasteiger charge is 2.24. The number of hydrogen-bond donors (Lipinski definition) is 1. The Morgan fingerprint density at radius 1 is 1.62 bits per heavy atom. The molecule has 13 heavy (non-hydrogen) atoms. The molecule has 0 atom stereocenters. The average Bonchev–Trinajstić information content (AvgIpc) is 2.42. The van der Waals surface area contributed by atoms with Crippen LogP contribution in [-0.2, 0) is 9.63 Å². The summed E-state index contributed by atoms with van der Waals surface area (Å²) in [5.74, 6) is -0.425. The minimum absolute atomic E-state index is 0.425. The van der Waals surface area contributed by atoms with Gasteiger partial charge in [-0.3, -0.25) is 0 Å². The number of carbonyl (C=O) groups is 1. The topological polar surface area (TPSA) is 64.7 Å². The zero-order valence-electron chi connectivity index (χ0n) is 7.96. The Labute approximate surface area is 77.4 Å². The fraction of sp³-hybridized carbons (Fsp3) is 0.556. The number of hydrogen-bond acceptors (Lipinski definition) is 4. The van der Waals surface area contributed by atoms with E-state index in [-0.39, 0.29) is 0 Å². The van der Waals surface area contributed by atoms with E-state index in [2.05, 4.69) is 16.9 Å². The van der Waals surface area contributed by atoms with E-state index >= 15 is 0 Å². The van der Waals surface area contributed by atoms with Crippen LogP contribution < -0.4 is 5.73 Å². The zero-order chi connectivity index (χ0) is 9.84. The number of oxime groups is 1. The second-order valence-corrected chi connectivity index (χ2v) is 3.06. The van der Waals surface area contributed by atoms with E-state index in [4.69, 9.17) is 5.73 Å². The van der Waals surface area contributed by atoms with Gasteiger partial charge in [-0.2, -0.15) is 0 Å². The van der Waals surface area contributed by atoms with E-state index in [1.54, 1.807) is 6.92 Å². The van der Waals surface area contributed by atoms with Gasteiger partial charge in [0.15, 0.2) is 0 Å². The van der Waals surface area contributed by atoms with Crippen LogP contribution >= 0.6 is 0 Å². The first kappa shape index (κ1) is 9.77. The molecule has 0 radical (unpaired) electrons.